The Morgan fingerprint density at radius 2 is 2.00 bits per heavy atom. The van der Waals surface area contributed by atoms with Gasteiger partial charge in [-0.15, -0.1) is 0 Å². The van der Waals surface area contributed by atoms with Gasteiger partial charge in [0.15, 0.2) is 0 Å². The summed E-state index contributed by atoms with van der Waals surface area (Å²) in [5.41, 5.74) is 1.17. The van der Waals surface area contributed by atoms with E-state index in [9.17, 15) is 9.59 Å². The van der Waals surface area contributed by atoms with Gasteiger partial charge in [-0.25, -0.2) is 4.79 Å². The maximum absolute atomic E-state index is 11.8. The molecule has 1 aromatic rings. The molecule has 0 unspecified atom stereocenters. The first kappa shape index (κ1) is 17.6. The Labute approximate surface area is 142 Å². The highest BCUT2D eigenvalue weighted by Gasteiger charge is 2.39. The molecule has 0 spiro atoms. The Morgan fingerprint density at radius 3 is 2.70 bits per heavy atom. The predicted octanol–water partition coefficient (Wildman–Crippen LogP) is 2.66. The third-order valence-electron chi connectivity index (χ3n) is 3.85. The molecule has 0 aliphatic heterocycles. The van der Waals surface area contributed by atoms with Gasteiger partial charge in [0.05, 0.1) is 0 Å². The normalized spacial score (nSPS) is 19.3. The average molecular weight is 338 g/mol. The zero-order valence-corrected chi connectivity index (χ0v) is 14.3. The van der Waals surface area contributed by atoms with Gasteiger partial charge >= 0.3 is 6.03 Å². The molecule has 0 heterocycles. The second kappa shape index (κ2) is 8.20. The first-order chi connectivity index (χ1) is 11.0. The van der Waals surface area contributed by atoms with Gasteiger partial charge in [-0.1, -0.05) is 37.6 Å². The maximum atomic E-state index is 11.8. The second-order valence-electron chi connectivity index (χ2n) is 6.20. The van der Waals surface area contributed by atoms with Crippen molar-refractivity contribution in [3.8, 4) is 0 Å². The summed E-state index contributed by atoms with van der Waals surface area (Å²) in [6.07, 6.45) is 1.66. The number of amides is 3. The van der Waals surface area contributed by atoms with Gasteiger partial charge in [-0.2, -0.15) is 0 Å². The van der Waals surface area contributed by atoms with Gasteiger partial charge in [-0.3, -0.25) is 4.79 Å². The summed E-state index contributed by atoms with van der Waals surface area (Å²) in [5.74, 6) is 0.381. The fourth-order valence-electron chi connectivity index (χ4n) is 2.39. The van der Waals surface area contributed by atoms with E-state index in [-0.39, 0.29) is 23.9 Å². The van der Waals surface area contributed by atoms with Crippen LogP contribution < -0.4 is 16.0 Å². The number of carbonyl (C=O) groups is 2. The van der Waals surface area contributed by atoms with Crippen LogP contribution in [0.4, 0.5) is 4.79 Å². The standard InChI is InChI=1S/C17H24ClN3O2/c1-11(2)16(22)19-7-4-8-20-17(23)21-15-10-14(15)12-5-3-6-13(18)9-12/h3,5-6,9,11,14-15H,4,7-8,10H2,1-2H3,(H,19,22)(H2,20,21,23)/t14-,15-/m0/s1. The molecule has 3 amide bonds. The Hall–Kier alpha value is -1.75. The van der Waals surface area contributed by atoms with Crippen molar-refractivity contribution < 1.29 is 9.59 Å². The lowest BCUT2D eigenvalue weighted by molar-refractivity contribution is -0.123. The van der Waals surface area contributed by atoms with Crippen molar-refractivity contribution in [2.75, 3.05) is 13.1 Å². The lowest BCUT2D eigenvalue weighted by atomic mass is 10.1. The molecule has 0 bridgehead atoms. The van der Waals surface area contributed by atoms with Crippen LogP contribution in [0.1, 0.15) is 38.2 Å². The number of benzene rings is 1. The Bertz CT molecular complexity index is 563. The van der Waals surface area contributed by atoms with Crippen molar-refractivity contribution in [2.45, 2.75) is 38.6 Å². The van der Waals surface area contributed by atoms with E-state index < -0.39 is 0 Å². The van der Waals surface area contributed by atoms with Crippen LogP contribution in [-0.4, -0.2) is 31.1 Å². The number of nitrogens with one attached hydrogen (secondary N) is 3. The fourth-order valence-corrected chi connectivity index (χ4v) is 2.58. The van der Waals surface area contributed by atoms with Gasteiger partial charge in [0.1, 0.15) is 0 Å². The molecule has 1 fully saturated rings. The van der Waals surface area contributed by atoms with E-state index in [2.05, 4.69) is 16.0 Å². The van der Waals surface area contributed by atoms with Crippen LogP contribution in [0.25, 0.3) is 0 Å². The largest absolute Gasteiger partial charge is 0.356 e. The van der Waals surface area contributed by atoms with Gasteiger partial charge in [0.2, 0.25) is 5.91 Å². The molecule has 2 rings (SSSR count). The Balaban J connectivity index is 1.59. The first-order valence-electron chi connectivity index (χ1n) is 8.05. The minimum atomic E-state index is -0.158. The SMILES string of the molecule is CC(C)C(=O)NCCCNC(=O)N[C@H]1C[C@H]1c1cccc(Cl)c1. The molecule has 5 nitrogen and oxygen atoms in total. The third kappa shape index (κ3) is 5.75. The maximum Gasteiger partial charge on any atom is 0.315 e. The monoisotopic (exact) mass is 337 g/mol. The summed E-state index contributed by atoms with van der Waals surface area (Å²) in [4.78, 5) is 23.2. The number of halogens is 1. The summed E-state index contributed by atoms with van der Waals surface area (Å²) in [7, 11) is 0. The van der Waals surface area contributed by atoms with E-state index in [1.165, 1.54) is 5.56 Å². The minimum Gasteiger partial charge on any atom is -0.356 e. The summed E-state index contributed by atoms with van der Waals surface area (Å²) in [6.45, 7) is 4.82. The van der Waals surface area contributed by atoms with Crippen LogP contribution >= 0.6 is 11.6 Å². The van der Waals surface area contributed by atoms with Gasteiger partial charge in [0.25, 0.3) is 0 Å². The Morgan fingerprint density at radius 1 is 1.26 bits per heavy atom. The van der Waals surface area contributed by atoms with Crippen molar-refractivity contribution in [1.29, 1.82) is 0 Å². The molecule has 0 saturated heterocycles. The van der Waals surface area contributed by atoms with Crippen molar-refractivity contribution in [3.05, 3.63) is 34.9 Å². The summed E-state index contributed by atoms with van der Waals surface area (Å²) in [6, 6.07) is 7.78. The summed E-state index contributed by atoms with van der Waals surface area (Å²) >= 11 is 5.98. The number of hydrogen-bond acceptors (Lipinski definition) is 2. The second-order valence-corrected chi connectivity index (χ2v) is 6.64. The van der Waals surface area contributed by atoms with Crippen LogP contribution in [0.5, 0.6) is 0 Å². The molecule has 2 atom stereocenters. The smallest absolute Gasteiger partial charge is 0.315 e. The highest BCUT2D eigenvalue weighted by atomic mass is 35.5. The van der Waals surface area contributed by atoms with E-state index in [4.69, 9.17) is 11.6 Å². The fraction of sp³-hybridized carbons (Fsp3) is 0.529. The van der Waals surface area contributed by atoms with E-state index >= 15 is 0 Å². The molecule has 6 heteroatoms. The predicted molar refractivity (Wildman–Crippen MR) is 91.6 cm³/mol. The van der Waals surface area contributed by atoms with Gasteiger partial charge < -0.3 is 16.0 Å². The van der Waals surface area contributed by atoms with Crippen LogP contribution in [-0.2, 0) is 4.79 Å². The molecule has 23 heavy (non-hydrogen) atoms. The minimum absolute atomic E-state index is 0.00968. The molecular weight excluding hydrogens is 314 g/mol. The first-order valence-corrected chi connectivity index (χ1v) is 8.42. The zero-order chi connectivity index (χ0) is 16.8. The lowest BCUT2D eigenvalue weighted by Crippen LogP contribution is -2.39. The van der Waals surface area contributed by atoms with Gasteiger partial charge in [-0.05, 0) is 30.5 Å². The number of carbonyl (C=O) groups excluding carboxylic acids is 2. The Kier molecular flexibility index (Phi) is 6.28. The molecule has 1 aliphatic carbocycles. The zero-order valence-electron chi connectivity index (χ0n) is 13.6. The van der Waals surface area contributed by atoms with Crippen LogP contribution in [0.15, 0.2) is 24.3 Å². The lowest BCUT2D eigenvalue weighted by Gasteiger charge is -2.09. The molecule has 0 radical (unpaired) electrons. The van der Waals surface area contributed by atoms with Crippen molar-refractivity contribution >= 4 is 23.5 Å². The molecule has 1 aliphatic rings. The van der Waals surface area contributed by atoms with Crippen molar-refractivity contribution in [1.82, 2.24) is 16.0 Å². The van der Waals surface area contributed by atoms with Gasteiger partial charge in [0, 0.05) is 36.0 Å². The quantitative estimate of drug-likeness (QED) is 0.669. The van der Waals surface area contributed by atoms with E-state index in [1.54, 1.807) is 0 Å². The number of rotatable bonds is 7. The highest BCUT2D eigenvalue weighted by Crippen LogP contribution is 2.41. The molecule has 1 saturated carbocycles. The van der Waals surface area contributed by atoms with E-state index in [0.29, 0.717) is 25.4 Å². The van der Waals surface area contributed by atoms with Crippen molar-refractivity contribution in [2.24, 2.45) is 5.92 Å². The molecule has 1 aromatic carbocycles. The molecule has 126 valence electrons. The summed E-state index contributed by atoms with van der Waals surface area (Å²) in [5, 5.41) is 9.32. The highest BCUT2D eigenvalue weighted by molar-refractivity contribution is 6.30. The van der Waals surface area contributed by atoms with Crippen molar-refractivity contribution in [3.63, 3.8) is 0 Å². The van der Waals surface area contributed by atoms with Crippen LogP contribution in [0.3, 0.4) is 0 Å². The number of hydrogen-bond donors (Lipinski definition) is 3. The molecular formula is C17H24ClN3O2. The van der Waals surface area contributed by atoms with Crippen LogP contribution in [0.2, 0.25) is 5.02 Å². The molecule has 3 N–H and O–H groups in total. The average Bonchev–Trinajstić information content (AvgIpc) is 3.25. The van der Waals surface area contributed by atoms with E-state index in [0.717, 1.165) is 11.4 Å². The molecule has 0 aromatic heterocycles. The topological polar surface area (TPSA) is 70.2 Å². The summed E-state index contributed by atoms with van der Waals surface area (Å²) < 4.78 is 0. The number of urea groups is 1. The van der Waals surface area contributed by atoms with E-state index in [1.807, 2.05) is 38.1 Å². The third-order valence-corrected chi connectivity index (χ3v) is 4.08. The van der Waals surface area contributed by atoms with Crippen LogP contribution in [0, 0.1) is 5.92 Å².